The van der Waals surface area contributed by atoms with Crippen LogP contribution in [0.2, 0.25) is 0 Å². The van der Waals surface area contributed by atoms with E-state index in [9.17, 15) is 24.3 Å². The van der Waals surface area contributed by atoms with E-state index in [4.69, 9.17) is 29.4 Å². The van der Waals surface area contributed by atoms with Crippen molar-refractivity contribution < 1.29 is 48.0 Å². The molecular formula is C31H49NO10. The summed E-state index contributed by atoms with van der Waals surface area (Å²) in [4.78, 5) is 49.6. The smallest absolute Gasteiger partial charge is 0.480 e. The van der Waals surface area contributed by atoms with E-state index in [1.165, 1.54) is 18.2 Å². The summed E-state index contributed by atoms with van der Waals surface area (Å²) in [5.74, 6) is -2.87. The van der Waals surface area contributed by atoms with Gasteiger partial charge in [-0.1, -0.05) is 47.6 Å². The van der Waals surface area contributed by atoms with Gasteiger partial charge in [0.05, 0.1) is 18.6 Å². The summed E-state index contributed by atoms with van der Waals surface area (Å²) >= 11 is 0. The van der Waals surface area contributed by atoms with E-state index in [1.54, 1.807) is 27.7 Å². The molecule has 0 amide bonds. The maximum absolute atomic E-state index is 12.7. The van der Waals surface area contributed by atoms with Crippen LogP contribution < -0.4 is 15.2 Å². The second kappa shape index (κ2) is 16.9. The summed E-state index contributed by atoms with van der Waals surface area (Å²) in [6.07, 6.45) is -0.935. The summed E-state index contributed by atoms with van der Waals surface area (Å²) in [6.45, 7) is 17.0. The van der Waals surface area contributed by atoms with E-state index in [1.807, 2.05) is 34.6 Å². The predicted molar refractivity (Wildman–Crippen MR) is 156 cm³/mol. The van der Waals surface area contributed by atoms with Crippen molar-refractivity contribution in [2.24, 2.45) is 28.9 Å². The fourth-order valence-electron chi connectivity index (χ4n) is 3.75. The van der Waals surface area contributed by atoms with Crippen LogP contribution in [0, 0.1) is 23.2 Å². The number of hydrogen-bond donors (Lipinski definition) is 2. The Labute approximate surface area is 249 Å². The van der Waals surface area contributed by atoms with Crippen molar-refractivity contribution in [3.63, 3.8) is 0 Å². The normalized spacial score (nSPS) is 14.5. The lowest BCUT2D eigenvalue weighted by atomic mass is 9.79. The Balaban J connectivity index is 3.40. The largest absolute Gasteiger partial charge is 0.513 e. The summed E-state index contributed by atoms with van der Waals surface area (Å²) in [7, 11) is 0. The van der Waals surface area contributed by atoms with E-state index in [0.29, 0.717) is 36.7 Å². The predicted octanol–water partition coefficient (Wildman–Crippen LogP) is 6.31. The molecule has 0 radical (unpaired) electrons. The van der Waals surface area contributed by atoms with Gasteiger partial charge in [0.2, 0.25) is 0 Å². The van der Waals surface area contributed by atoms with Crippen LogP contribution in [-0.4, -0.2) is 54.7 Å². The molecule has 0 aliphatic carbocycles. The Hall–Kier alpha value is -3.34. The van der Waals surface area contributed by atoms with Crippen LogP contribution in [-0.2, 0) is 23.8 Å². The van der Waals surface area contributed by atoms with Crippen LogP contribution in [0.5, 0.6) is 11.5 Å². The van der Waals surface area contributed by atoms with Crippen molar-refractivity contribution in [1.82, 2.24) is 0 Å². The van der Waals surface area contributed by atoms with Crippen LogP contribution in [0.1, 0.15) is 93.1 Å². The average Bonchev–Trinajstić information content (AvgIpc) is 2.89. The number of aliphatic carboxylic acids is 1. The molecule has 0 saturated heterocycles. The zero-order chi connectivity index (χ0) is 32.2. The molecule has 3 unspecified atom stereocenters. The Morgan fingerprint density at radius 3 is 1.81 bits per heavy atom. The lowest BCUT2D eigenvalue weighted by Crippen LogP contribution is -2.43. The minimum atomic E-state index is -1.40. The van der Waals surface area contributed by atoms with Crippen molar-refractivity contribution in [2.45, 2.75) is 99.6 Å². The van der Waals surface area contributed by atoms with E-state index >= 15 is 0 Å². The van der Waals surface area contributed by atoms with Gasteiger partial charge in [-0.15, -0.1) is 0 Å². The molecule has 0 aliphatic rings. The van der Waals surface area contributed by atoms with Gasteiger partial charge in [-0.2, -0.15) is 0 Å². The lowest BCUT2D eigenvalue weighted by Gasteiger charge is -2.33. The highest BCUT2D eigenvalue weighted by molar-refractivity contribution is 5.76. The van der Waals surface area contributed by atoms with E-state index in [2.05, 4.69) is 0 Å². The number of rotatable bonds is 16. The topological polar surface area (TPSA) is 161 Å². The third-order valence-electron chi connectivity index (χ3n) is 7.28. The number of esters is 1. The van der Waals surface area contributed by atoms with Crippen LogP contribution in [0.15, 0.2) is 18.2 Å². The Morgan fingerprint density at radius 1 is 0.857 bits per heavy atom. The zero-order valence-corrected chi connectivity index (χ0v) is 26.4. The molecule has 0 bridgehead atoms. The van der Waals surface area contributed by atoms with Crippen LogP contribution in [0.3, 0.4) is 0 Å². The molecule has 238 valence electrons. The average molecular weight is 596 g/mol. The van der Waals surface area contributed by atoms with Crippen molar-refractivity contribution in [1.29, 1.82) is 0 Å². The van der Waals surface area contributed by atoms with Crippen molar-refractivity contribution >= 4 is 24.2 Å². The van der Waals surface area contributed by atoms with Gasteiger partial charge in [-0.05, 0) is 69.6 Å². The van der Waals surface area contributed by atoms with Gasteiger partial charge in [0.15, 0.2) is 11.5 Å². The van der Waals surface area contributed by atoms with Gasteiger partial charge < -0.3 is 34.5 Å². The molecule has 0 aliphatic heterocycles. The van der Waals surface area contributed by atoms with Crippen molar-refractivity contribution in [3.05, 3.63) is 23.8 Å². The molecule has 0 heterocycles. The highest BCUT2D eigenvalue weighted by Gasteiger charge is 2.37. The number of carboxylic acid groups (broad SMARTS) is 1. The fourth-order valence-corrected chi connectivity index (χ4v) is 3.75. The second-order valence-electron chi connectivity index (χ2n) is 12.1. The Bertz CT molecular complexity index is 1050. The first-order valence-corrected chi connectivity index (χ1v) is 14.5. The first-order valence-electron chi connectivity index (χ1n) is 14.5. The molecule has 11 nitrogen and oxygen atoms in total. The number of carbonyl (C=O) groups is 4. The van der Waals surface area contributed by atoms with Gasteiger partial charge in [-0.25, -0.2) is 9.59 Å². The number of nitrogens with two attached hydrogens (primary N) is 1. The number of benzene rings is 1. The first kappa shape index (κ1) is 36.7. The third kappa shape index (κ3) is 11.9. The monoisotopic (exact) mass is 595 g/mol. The standard InChI is InChI=1S/C31H49NO10/c1-10-31(8,9)28(35)40-21(7)20(6)25(26(32)27(33)34)22-11-12-23(41-29(36)38-15-13-18(2)3)24(17-22)42-30(37)39-16-14-19(4)5/h11-12,17-21,25-26H,10,13-16,32H2,1-9H3,(H,33,34)/t20?,21?,25?,26-/m0/s1. The highest BCUT2D eigenvalue weighted by atomic mass is 16.7. The Morgan fingerprint density at radius 2 is 1.36 bits per heavy atom. The molecule has 1 aromatic rings. The molecule has 1 rings (SSSR count). The number of carbonyl (C=O) groups excluding carboxylic acids is 3. The molecule has 0 aromatic heterocycles. The van der Waals surface area contributed by atoms with Gasteiger partial charge in [-0.3, -0.25) is 9.59 Å². The van der Waals surface area contributed by atoms with Crippen LogP contribution >= 0.6 is 0 Å². The summed E-state index contributed by atoms with van der Waals surface area (Å²) in [5, 5.41) is 9.82. The number of carboxylic acids is 1. The fraction of sp³-hybridized carbons (Fsp3) is 0.677. The molecule has 4 atom stereocenters. The van der Waals surface area contributed by atoms with Gasteiger partial charge in [0.1, 0.15) is 12.1 Å². The quantitative estimate of drug-likeness (QED) is 0.125. The lowest BCUT2D eigenvalue weighted by molar-refractivity contribution is -0.162. The highest BCUT2D eigenvalue weighted by Crippen LogP contribution is 2.38. The van der Waals surface area contributed by atoms with Gasteiger partial charge in [0.25, 0.3) is 0 Å². The molecule has 0 fully saturated rings. The van der Waals surface area contributed by atoms with Crippen LogP contribution in [0.4, 0.5) is 9.59 Å². The number of hydrogen-bond acceptors (Lipinski definition) is 10. The van der Waals surface area contributed by atoms with Crippen LogP contribution in [0.25, 0.3) is 0 Å². The third-order valence-corrected chi connectivity index (χ3v) is 7.28. The van der Waals surface area contributed by atoms with Crippen molar-refractivity contribution in [2.75, 3.05) is 13.2 Å². The van der Waals surface area contributed by atoms with Crippen molar-refractivity contribution in [3.8, 4) is 11.5 Å². The van der Waals surface area contributed by atoms with Gasteiger partial charge >= 0.3 is 24.2 Å². The summed E-state index contributed by atoms with van der Waals surface area (Å²) < 4.78 is 26.7. The molecule has 42 heavy (non-hydrogen) atoms. The summed E-state index contributed by atoms with van der Waals surface area (Å²) in [5.41, 5.74) is 5.78. The number of ether oxygens (including phenoxy) is 5. The van der Waals surface area contributed by atoms with E-state index in [-0.39, 0.29) is 24.7 Å². The summed E-state index contributed by atoms with van der Waals surface area (Å²) in [6, 6.07) is 2.84. The molecule has 3 N–H and O–H groups in total. The molecule has 0 spiro atoms. The molecule has 11 heteroatoms. The Kier molecular flexibility index (Phi) is 14.8. The SMILES string of the molecule is CCC(C)(C)C(=O)OC(C)C(C)C(c1ccc(OC(=O)OCCC(C)C)c(OC(=O)OCCC(C)C)c1)[C@H](N)C(=O)O. The molecule has 0 saturated carbocycles. The molecule has 1 aromatic carbocycles. The van der Waals surface area contributed by atoms with E-state index < -0.39 is 53.6 Å². The molecular weight excluding hydrogens is 546 g/mol. The first-order chi connectivity index (χ1) is 19.5. The maximum Gasteiger partial charge on any atom is 0.513 e. The maximum atomic E-state index is 12.7. The van der Waals surface area contributed by atoms with E-state index in [0.717, 1.165) is 0 Å². The second-order valence-corrected chi connectivity index (χ2v) is 12.1. The minimum Gasteiger partial charge on any atom is -0.480 e. The zero-order valence-electron chi connectivity index (χ0n) is 26.4. The van der Waals surface area contributed by atoms with Gasteiger partial charge in [0, 0.05) is 11.8 Å². The minimum absolute atomic E-state index is 0.115.